The molecule has 0 bridgehead atoms. The van der Waals surface area contributed by atoms with Crippen LogP contribution in [0.4, 0.5) is 4.79 Å². The molecule has 0 aromatic rings. The molecular formula is C10H19NO3S. The first-order valence-electron chi connectivity index (χ1n) is 5.21. The van der Waals surface area contributed by atoms with Gasteiger partial charge >= 0.3 is 6.09 Å². The monoisotopic (exact) mass is 233 g/mol. The predicted molar refractivity (Wildman–Crippen MR) is 60.3 cm³/mol. The molecule has 5 heteroatoms. The fourth-order valence-electron chi connectivity index (χ4n) is 1.35. The lowest BCUT2D eigenvalue weighted by atomic mass is 10.2. The number of hydrogen-bond acceptors (Lipinski definition) is 3. The smallest absolute Gasteiger partial charge is 0.410 e. The second-order valence-electron chi connectivity index (χ2n) is 4.67. The molecule has 1 fully saturated rings. The van der Waals surface area contributed by atoms with Crippen LogP contribution in [0, 0.1) is 0 Å². The van der Waals surface area contributed by atoms with Gasteiger partial charge in [0.1, 0.15) is 5.60 Å². The molecule has 1 heterocycles. The van der Waals surface area contributed by atoms with Crippen molar-refractivity contribution >= 4 is 16.9 Å². The minimum absolute atomic E-state index is 0.290. The Morgan fingerprint density at radius 1 is 1.27 bits per heavy atom. The van der Waals surface area contributed by atoms with E-state index in [1.807, 2.05) is 20.8 Å². The van der Waals surface area contributed by atoms with Crippen molar-refractivity contribution in [3.63, 3.8) is 0 Å². The minimum Gasteiger partial charge on any atom is -0.444 e. The van der Waals surface area contributed by atoms with Crippen LogP contribution >= 0.6 is 0 Å². The van der Waals surface area contributed by atoms with Crippen LogP contribution in [0.15, 0.2) is 0 Å². The molecule has 1 atom stereocenters. The Balaban J connectivity index is 2.49. The summed E-state index contributed by atoms with van der Waals surface area (Å²) in [5, 5.41) is 0. The maximum absolute atomic E-state index is 11.7. The molecule has 0 spiro atoms. The van der Waals surface area contributed by atoms with E-state index in [4.69, 9.17) is 4.74 Å². The average Bonchev–Trinajstić information content (AvgIpc) is 2.26. The maximum Gasteiger partial charge on any atom is 0.410 e. The Morgan fingerprint density at radius 3 is 2.53 bits per heavy atom. The van der Waals surface area contributed by atoms with Crippen LogP contribution in [-0.4, -0.2) is 45.4 Å². The van der Waals surface area contributed by atoms with Crippen LogP contribution in [0.2, 0.25) is 0 Å². The highest BCUT2D eigenvalue weighted by Crippen LogP contribution is 2.11. The van der Waals surface area contributed by atoms with E-state index in [2.05, 4.69) is 0 Å². The summed E-state index contributed by atoms with van der Waals surface area (Å²) in [4.78, 5) is 13.3. The SMILES string of the molecule is CC(C)(C)OC(=O)N1CCC[S@](=O)CC1. The van der Waals surface area contributed by atoms with E-state index in [1.54, 1.807) is 4.90 Å². The van der Waals surface area contributed by atoms with Crippen molar-refractivity contribution < 1.29 is 13.7 Å². The van der Waals surface area contributed by atoms with Gasteiger partial charge in [-0.15, -0.1) is 0 Å². The normalized spacial score (nSPS) is 23.4. The molecular weight excluding hydrogens is 214 g/mol. The van der Waals surface area contributed by atoms with Crippen LogP contribution in [0.5, 0.6) is 0 Å². The van der Waals surface area contributed by atoms with Gasteiger partial charge < -0.3 is 9.64 Å². The van der Waals surface area contributed by atoms with Gasteiger partial charge in [-0.1, -0.05) is 0 Å². The van der Waals surface area contributed by atoms with Crippen molar-refractivity contribution in [2.24, 2.45) is 0 Å². The first-order valence-corrected chi connectivity index (χ1v) is 6.70. The van der Waals surface area contributed by atoms with Crippen LogP contribution < -0.4 is 0 Å². The predicted octanol–water partition coefficient (Wildman–Crippen LogP) is 1.38. The summed E-state index contributed by atoms with van der Waals surface area (Å²) in [6.07, 6.45) is 0.507. The van der Waals surface area contributed by atoms with E-state index >= 15 is 0 Å². The van der Waals surface area contributed by atoms with Crippen molar-refractivity contribution in [1.29, 1.82) is 0 Å². The first kappa shape index (κ1) is 12.5. The van der Waals surface area contributed by atoms with Crippen molar-refractivity contribution in [3.8, 4) is 0 Å². The van der Waals surface area contributed by atoms with Gasteiger partial charge in [-0.25, -0.2) is 4.79 Å². The third-order valence-electron chi connectivity index (χ3n) is 2.04. The molecule has 0 radical (unpaired) electrons. The number of carbonyl (C=O) groups is 1. The molecule has 1 aliphatic heterocycles. The Hall–Kier alpha value is -0.580. The fraction of sp³-hybridized carbons (Fsp3) is 0.900. The van der Waals surface area contributed by atoms with Crippen LogP contribution in [-0.2, 0) is 15.5 Å². The molecule has 1 saturated heterocycles. The van der Waals surface area contributed by atoms with Gasteiger partial charge in [0, 0.05) is 35.4 Å². The van der Waals surface area contributed by atoms with Gasteiger partial charge in [0.15, 0.2) is 0 Å². The summed E-state index contributed by atoms with van der Waals surface area (Å²) in [5.41, 5.74) is -0.456. The fourth-order valence-corrected chi connectivity index (χ4v) is 2.43. The molecule has 0 aromatic heterocycles. The first-order chi connectivity index (χ1) is 6.88. The summed E-state index contributed by atoms with van der Waals surface area (Å²) in [6, 6.07) is 0. The van der Waals surface area contributed by atoms with Gasteiger partial charge in [-0.05, 0) is 27.2 Å². The molecule has 0 unspecified atom stereocenters. The van der Waals surface area contributed by atoms with Crippen LogP contribution in [0.25, 0.3) is 0 Å². The number of ether oxygens (including phenoxy) is 1. The highest BCUT2D eigenvalue weighted by molar-refractivity contribution is 7.85. The summed E-state index contributed by atoms with van der Waals surface area (Å²) in [7, 11) is -0.767. The second-order valence-corrected chi connectivity index (χ2v) is 6.37. The average molecular weight is 233 g/mol. The largest absolute Gasteiger partial charge is 0.444 e. The zero-order chi connectivity index (χ0) is 11.5. The number of amides is 1. The molecule has 4 nitrogen and oxygen atoms in total. The second kappa shape index (κ2) is 4.96. The van der Waals surface area contributed by atoms with Crippen molar-refractivity contribution in [2.45, 2.75) is 32.8 Å². The van der Waals surface area contributed by atoms with Crippen molar-refractivity contribution in [2.75, 3.05) is 24.6 Å². The molecule has 0 aliphatic carbocycles. The molecule has 1 amide bonds. The molecule has 1 aliphatic rings. The lowest BCUT2D eigenvalue weighted by Crippen LogP contribution is -2.38. The minimum atomic E-state index is -0.767. The van der Waals surface area contributed by atoms with E-state index in [0.717, 1.165) is 6.42 Å². The van der Waals surface area contributed by atoms with E-state index in [9.17, 15) is 9.00 Å². The van der Waals surface area contributed by atoms with E-state index in [1.165, 1.54) is 0 Å². The Labute approximate surface area is 93.4 Å². The third-order valence-corrected chi connectivity index (χ3v) is 3.42. The van der Waals surface area contributed by atoms with Gasteiger partial charge in [-0.2, -0.15) is 0 Å². The van der Waals surface area contributed by atoms with E-state index in [-0.39, 0.29) is 6.09 Å². The van der Waals surface area contributed by atoms with E-state index in [0.29, 0.717) is 24.6 Å². The topological polar surface area (TPSA) is 46.6 Å². The van der Waals surface area contributed by atoms with Gasteiger partial charge in [0.2, 0.25) is 0 Å². The number of hydrogen-bond donors (Lipinski definition) is 0. The van der Waals surface area contributed by atoms with Crippen LogP contribution in [0.3, 0.4) is 0 Å². The molecule has 88 valence electrons. The Morgan fingerprint density at radius 2 is 1.93 bits per heavy atom. The van der Waals surface area contributed by atoms with Gasteiger partial charge in [-0.3, -0.25) is 4.21 Å². The zero-order valence-electron chi connectivity index (χ0n) is 9.62. The van der Waals surface area contributed by atoms with Crippen LogP contribution in [0.1, 0.15) is 27.2 Å². The molecule has 0 saturated carbocycles. The summed E-state index contributed by atoms with van der Waals surface area (Å²) >= 11 is 0. The zero-order valence-corrected chi connectivity index (χ0v) is 10.4. The highest BCUT2D eigenvalue weighted by atomic mass is 32.2. The van der Waals surface area contributed by atoms with Gasteiger partial charge in [0.25, 0.3) is 0 Å². The lowest BCUT2D eigenvalue weighted by molar-refractivity contribution is 0.0265. The van der Waals surface area contributed by atoms with Crippen molar-refractivity contribution in [3.05, 3.63) is 0 Å². The lowest BCUT2D eigenvalue weighted by Gasteiger charge is -2.26. The molecule has 0 aromatic carbocycles. The molecule has 0 N–H and O–H groups in total. The van der Waals surface area contributed by atoms with Crippen molar-refractivity contribution in [1.82, 2.24) is 4.90 Å². The number of rotatable bonds is 0. The standard InChI is InChI=1S/C10H19NO3S/c1-10(2,3)14-9(12)11-5-4-7-15(13)8-6-11/h4-8H2,1-3H3/t15-/m0/s1. The molecule has 15 heavy (non-hydrogen) atoms. The number of carbonyl (C=O) groups excluding carboxylic acids is 1. The summed E-state index contributed by atoms with van der Waals surface area (Å²) in [5.74, 6) is 1.26. The van der Waals surface area contributed by atoms with E-state index < -0.39 is 16.4 Å². The number of nitrogens with zero attached hydrogens (tertiary/aromatic N) is 1. The van der Waals surface area contributed by atoms with Gasteiger partial charge in [0.05, 0.1) is 0 Å². The Kier molecular flexibility index (Phi) is 4.13. The summed E-state index contributed by atoms with van der Waals surface area (Å²) < 4.78 is 16.5. The highest BCUT2D eigenvalue weighted by Gasteiger charge is 2.23. The summed E-state index contributed by atoms with van der Waals surface area (Å²) in [6.45, 7) is 6.74. The molecule has 1 rings (SSSR count). The Bertz CT molecular complexity index is 260. The third kappa shape index (κ3) is 4.64. The quantitative estimate of drug-likeness (QED) is 0.635. The maximum atomic E-state index is 11.7.